The molecular formula is C17H14N4OS. The molecule has 0 atom stereocenters. The van der Waals surface area contributed by atoms with Crippen molar-refractivity contribution in [3.05, 3.63) is 60.2 Å². The lowest BCUT2D eigenvalue weighted by molar-refractivity contribution is 0.476. The average Bonchev–Trinajstić information content (AvgIpc) is 2.97. The normalized spacial score (nSPS) is 10.4. The fourth-order valence-electron chi connectivity index (χ4n) is 2.26. The van der Waals surface area contributed by atoms with E-state index >= 15 is 0 Å². The number of phenols is 1. The molecule has 0 fully saturated rings. The van der Waals surface area contributed by atoms with Crippen molar-refractivity contribution in [3.63, 3.8) is 0 Å². The van der Waals surface area contributed by atoms with Gasteiger partial charge in [0.05, 0.1) is 23.9 Å². The second-order valence-corrected chi connectivity index (χ2v) is 5.78. The van der Waals surface area contributed by atoms with Gasteiger partial charge in [-0.25, -0.2) is 0 Å². The third kappa shape index (κ3) is 3.35. The molecule has 0 saturated heterocycles. The number of nitrogens with zero attached hydrogens (tertiary/aromatic N) is 4. The predicted molar refractivity (Wildman–Crippen MR) is 89.0 cm³/mol. The van der Waals surface area contributed by atoms with Crippen molar-refractivity contribution in [3.8, 4) is 23.2 Å². The first-order valence-electron chi connectivity index (χ1n) is 7.05. The molecule has 114 valence electrons. The Labute approximate surface area is 138 Å². The lowest BCUT2D eigenvalue weighted by atomic mass is 10.1. The first-order chi connectivity index (χ1) is 11.3. The van der Waals surface area contributed by atoms with Crippen molar-refractivity contribution in [1.29, 1.82) is 5.26 Å². The van der Waals surface area contributed by atoms with E-state index in [1.165, 1.54) is 11.8 Å². The van der Waals surface area contributed by atoms with Crippen LogP contribution in [0.5, 0.6) is 5.75 Å². The van der Waals surface area contributed by atoms with E-state index in [4.69, 9.17) is 5.26 Å². The van der Waals surface area contributed by atoms with E-state index in [1.807, 2.05) is 41.0 Å². The summed E-state index contributed by atoms with van der Waals surface area (Å²) >= 11 is 1.33. The molecule has 0 radical (unpaired) electrons. The number of nitriles is 1. The van der Waals surface area contributed by atoms with Crippen LogP contribution in [0.25, 0.3) is 11.4 Å². The van der Waals surface area contributed by atoms with Crippen LogP contribution < -0.4 is 0 Å². The molecule has 1 N–H and O–H groups in total. The summed E-state index contributed by atoms with van der Waals surface area (Å²) in [7, 11) is 0. The second kappa shape index (κ2) is 6.99. The lowest BCUT2D eigenvalue weighted by Gasteiger charge is -2.10. The highest BCUT2D eigenvalue weighted by Gasteiger charge is 2.17. The van der Waals surface area contributed by atoms with Gasteiger partial charge in [0, 0.05) is 0 Å². The van der Waals surface area contributed by atoms with Gasteiger partial charge in [-0.1, -0.05) is 54.2 Å². The summed E-state index contributed by atoms with van der Waals surface area (Å²) in [5, 5.41) is 28.0. The van der Waals surface area contributed by atoms with Crippen molar-refractivity contribution in [1.82, 2.24) is 14.8 Å². The van der Waals surface area contributed by atoms with Gasteiger partial charge in [0.2, 0.25) is 0 Å². The fraction of sp³-hybridized carbons (Fsp3) is 0.118. The van der Waals surface area contributed by atoms with Crippen molar-refractivity contribution in [2.24, 2.45) is 0 Å². The Kier molecular flexibility index (Phi) is 4.60. The summed E-state index contributed by atoms with van der Waals surface area (Å²) in [5.41, 5.74) is 1.72. The molecule has 0 aliphatic carbocycles. The Balaban J connectivity index is 2.04. The van der Waals surface area contributed by atoms with E-state index in [0.717, 1.165) is 5.56 Å². The molecule has 23 heavy (non-hydrogen) atoms. The van der Waals surface area contributed by atoms with Gasteiger partial charge in [-0.15, -0.1) is 10.2 Å². The van der Waals surface area contributed by atoms with E-state index in [-0.39, 0.29) is 5.75 Å². The molecule has 2 aromatic carbocycles. The molecule has 0 aliphatic rings. The lowest BCUT2D eigenvalue weighted by Crippen LogP contribution is -2.04. The highest BCUT2D eigenvalue weighted by Crippen LogP contribution is 2.30. The molecule has 0 spiro atoms. The van der Waals surface area contributed by atoms with E-state index in [2.05, 4.69) is 16.3 Å². The summed E-state index contributed by atoms with van der Waals surface area (Å²) in [6.45, 7) is 0.575. The Morgan fingerprint density at radius 3 is 2.52 bits per heavy atom. The van der Waals surface area contributed by atoms with E-state index < -0.39 is 0 Å². The number of hydrogen-bond acceptors (Lipinski definition) is 5. The number of phenolic OH excluding ortho intramolecular Hbond substituents is 1. The molecule has 5 nitrogen and oxygen atoms in total. The van der Waals surface area contributed by atoms with Crippen LogP contribution in [0.3, 0.4) is 0 Å². The number of benzene rings is 2. The van der Waals surface area contributed by atoms with Gasteiger partial charge < -0.3 is 5.11 Å². The van der Waals surface area contributed by atoms with Crippen molar-refractivity contribution < 1.29 is 5.11 Å². The van der Waals surface area contributed by atoms with Crippen LogP contribution in [0.1, 0.15) is 5.56 Å². The summed E-state index contributed by atoms with van der Waals surface area (Å²) in [6, 6.07) is 19.1. The number of rotatable bonds is 5. The number of aromatic hydroxyl groups is 1. The van der Waals surface area contributed by atoms with Crippen LogP contribution >= 0.6 is 11.8 Å². The van der Waals surface area contributed by atoms with Crippen molar-refractivity contribution in [2.75, 3.05) is 5.75 Å². The van der Waals surface area contributed by atoms with Gasteiger partial charge in [0.15, 0.2) is 11.0 Å². The molecule has 0 unspecified atom stereocenters. The number of aromatic nitrogens is 3. The molecular weight excluding hydrogens is 308 g/mol. The van der Waals surface area contributed by atoms with Crippen LogP contribution in [-0.4, -0.2) is 25.6 Å². The van der Waals surface area contributed by atoms with Gasteiger partial charge in [-0.3, -0.25) is 4.57 Å². The van der Waals surface area contributed by atoms with Gasteiger partial charge in [0.25, 0.3) is 0 Å². The Bertz CT molecular complexity index is 839. The van der Waals surface area contributed by atoms with Crippen LogP contribution in [0.4, 0.5) is 0 Å². The van der Waals surface area contributed by atoms with Crippen molar-refractivity contribution in [2.45, 2.75) is 11.7 Å². The Morgan fingerprint density at radius 2 is 1.78 bits per heavy atom. The maximum absolute atomic E-state index is 10.1. The number of thioether (sulfide) groups is 1. The largest absolute Gasteiger partial charge is 0.507 e. The minimum Gasteiger partial charge on any atom is -0.507 e. The molecule has 3 rings (SSSR count). The van der Waals surface area contributed by atoms with E-state index in [1.54, 1.807) is 18.2 Å². The molecule has 0 saturated carbocycles. The van der Waals surface area contributed by atoms with Crippen LogP contribution in [0.15, 0.2) is 59.8 Å². The monoisotopic (exact) mass is 322 g/mol. The summed E-state index contributed by atoms with van der Waals surface area (Å²) in [4.78, 5) is 0. The number of para-hydroxylation sites is 1. The maximum Gasteiger partial charge on any atom is 0.192 e. The van der Waals surface area contributed by atoms with Crippen LogP contribution in [-0.2, 0) is 6.54 Å². The summed E-state index contributed by atoms with van der Waals surface area (Å²) < 4.78 is 1.92. The second-order valence-electron chi connectivity index (χ2n) is 4.84. The fourth-order valence-corrected chi connectivity index (χ4v) is 2.86. The van der Waals surface area contributed by atoms with Crippen LogP contribution in [0.2, 0.25) is 0 Å². The third-order valence-electron chi connectivity index (χ3n) is 3.31. The smallest absolute Gasteiger partial charge is 0.192 e. The topological polar surface area (TPSA) is 74.7 Å². The van der Waals surface area contributed by atoms with Gasteiger partial charge in [-0.2, -0.15) is 5.26 Å². The predicted octanol–water partition coefficient (Wildman–Crippen LogP) is 3.31. The van der Waals surface area contributed by atoms with E-state index in [9.17, 15) is 5.11 Å². The zero-order valence-corrected chi connectivity index (χ0v) is 13.1. The molecule has 0 aliphatic heterocycles. The van der Waals surface area contributed by atoms with Crippen molar-refractivity contribution >= 4 is 11.8 Å². The SMILES string of the molecule is N#CCSc1nnc(-c2ccccc2O)n1Cc1ccccc1. The molecule has 0 amide bonds. The summed E-state index contributed by atoms with van der Waals surface area (Å²) in [6.07, 6.45) is 0. The average molecular weight is 322 g/mol. The highest BCUT2D eigenvalue weighted by atomic mass is 32.2. The van der Waals surface area contributed by atoms with Gasteiger partial charge in [-0.05, 0) is 17.7 Å². The number of hydrogen-bond donors (Lipinski definition) is 1. The Hall–Kier alpha value is -2.78. The van der Waals surface area contributed by atoms with Gasteiger partial charge >= 0.3 is 0 Å². The molecule has 1 heterocycles. The minimum atomic E-state index is 0.158. The van der Waals surface area contributed by atoms with Crippen LogP contribution in [0, 0.1) is 11.3 Å². The van der Waals surface area contributed by atoms with E-state index in [0.29, 0.717) is 28.8 Å². The standard InChI is InChI=1S/C17H14N4OS/c18-10-11-23-17-20-19-16(14-8-4-5-9-15(14)22)21(17)12-13-6-2-1-3-7-13/h1-9,22H,11-12H2. The maximum atomic E-state index is 10.1. The van der Waals surface area contributed by atoms with Gasteiger partial charge in [0.1, 0.15) is 5.75 Å². The zero-order chi connectivity index (χ0) is 16.1. The molecule has 1 aromatic heterocycles. The molecule has 6 heteroatoms. The summed E-state index contributed by atoms with van der Waals surface area (Å²) in [5.74, 6) is 1.05. The minimum absolute atomic E-state index is 0.158. The quantitative estimate of drug-likeness (QED) is 0.729. The zero-order valence-electron chi connectivity index (χ0n) is 12.3. The molecule has 3 aromatic rings. The third-order valence-corrected chi connectivity index (χ3v) is 4.14. The Morgan fingerprint density at radius 1 is 1.04 bits per heavy atom. The highest BCUT2D eigenvalue weighted by molar-refractivity contribution is 7.99. The first-order valence-corrected chi connectivity index (χ1v) is 8.03. The first kappa shape index (κ1) is 15.1. The molecule has 0 bridgehead atoms.